The number of para-hydroxylation sites is 2. The molecule has 0 bridgehead atoms. The van der Waals surface area contributed by atoms with Gasteiger partial charge >= 0.3 is 0 Å². The first-order chi connectivity index (χ1) is 13.1. The molecule has 1 atom stereocenters. The van der Waals surface area contributed by atoms with Crippen molar-refractivity contribution in [3.63, 3.8) is 0 Å². The van der Waals surface area contributed by atoms with Crippen LogP contribution in [-0.4, -0.2) is 36.4 Å². The maximum Gasteiger partial charge on any atom is 0.246 e. The minimum atomic E-state index is -0.416. The molecule has 1 saturated heterocycles. The van der Waals surface area contributed by atoms with E-state index < -0.39 is 6.04 Å². The molecule has 1 aliphatic rings. The molecule has 2 amide bonds. The number of hydrogen-bond donors (Lipinski definition) is 2. The molecule has 0 spiro atoms. The number of carbonyl (C=O) groups excluding carboxylic acids is 2. The van der Waals surface area contributed by atoms with E-state index in [0.717, 1.165) is 24.2 Å². The van der Waals surface area contributed by atoms with E-state index in [9.17, 15) is 9.59 Å². The third kappa shape index (κ3) is 4.78. The van der Waals surface area contributed by atoms with E-state index in [1.165, 1.54) is 0 Å². The van der Waals surface area contributed by atoms with Crippen molar-refractivity contribution in [3.8, 4) is 5.75 Å². The zero-order valence-corrected chi connectivity index (χ0v) is 15.7. The standard InChI is InChI=1S/C21H25N3O3/c1-15(21(26)23-18-6-3-4-7-19(18)27-2)22-17-11-9-16(10-12-17)14-24-13-5-8-20(24)25/h3-4,6-7,9-12,15,22H,5,8,13-14H2,1-2H3,(H,23,26). The lowest BCUT2D eigenvalue weighted by Crippen LogP contribution is -2.32. The normalized spacial score (nSPS) is 14.7. The van der Waals surface area contributed by atoms with E-state index >= 15 is 0 Å². The van der Waals surface area contributed by atoms with Crippen molar-refractivity contribution < 1.29 is 14.3 Å². The lowest BCUT2D eigenvalue weighted by molar-refractivity contribution is -0.128. The topological polar surface area (TPSA) is 70.7 Å². The molecular formula is C21H25N3O3. The van der Waals surface area contributed by atoms with Crippen LogP contribution in [0.4, 0.5) is 11.4 Å². The largest absolute Gasteiger partial charge is 0.495 e. The van der Waals surface area contributed by atoms with Crippen LogP contribution >= 0.6 is 0 Å². The van der Waals surface area contributed by atoms with Crippen LogP contribution in [0, 0.1) is 0 Å². The minimum absolute atomic E-state index is 0.147. The summed E-state index contributed by atoms with van der Waals surface area (Å²) in [5.41, 5.74) is 2.58. The van der Waals surface area contributed by atoms with Gasteiger partial charge in [-0.25, -0.2) is 0 Å². The summed E-state index contributed by atoms with van der Waals surface area (Å²) in [7, 11) is 1.57. The molecule has 1 aliphatic heterocycles. The number of amides is 2. The summed E-state index contributed by atoms with van der Waals surface area (Å²) >= 11 is 0. The zero-order valence-electron chi connectivity index (χ0n) is 15.7. The number of nitrogens with one attached hydrogen (secondary N) is 2. The van der Waals surface area contributed by atoms with Gasteiger partial charge in [0.25, 0.3) is 0 Å². The third-order valence-electron chi connectivity index (χ3n) is 4.64. The molecule has 0 aromatic heterocycles. The highest BCUT2D eigenvalue weighted by atomic mass is 16.5. The Kier molecular flexibility index (Phi) is 5.96. The van der Waals surface area contributed by atoms with Crippen molar-refractivity contribution >= 4 is 23.2 Å². The molecular weight excluding hydrogens is 342 g/mol. The van der Waals surface area contributed by atoms with E-state index in [-0.39, 0.29) is 11.8 Å². The maximum atomic E-state index is 12.4. The first-order valence-corrected chi connectivity index (χ1v) is 9.14. The lowest BCUT2D eigenvalue weighted by atomic mass is 10.2. The van der Waals surface area contributed by atoms with Gasteiger partial charge in [-0.15, -0.1) is 0 Å². The minimum Gasteiger partial charge on any atom is -0.495 e. The Morgan fingerprint density at radius 2 is 1.93 bits per heavy atom. The highest BCUT2D eigenvalue weighted by Crippen LogP contribution is 2.23. The molecule has 6 nitrogen and oxygen atoms in total. The quantitative estimate of drug-likeness (QED) is 0.788. The zero-order chi connectivity index (χ0) is 19.2. The Labute approximate surface area is 159 Å². The number of likely N-dealkylation sites (tertiary alicyclic amines) is 1. The predicted molar refractivity (Wildman–Crippen MR) is 106 cm³/mol. The Morgan fingerprint density at radius 3 is 2.59 bits per heavy atom. The summed E-state index contributed by atoms with van der Waals surface area (Å²) in [5, 5.41) is 6.07. The van der Waals surface area contributed by atoms with E-state index in [0.29, 0.717) is 24.4 Å². The van der Waals surface area contributed by atoms with Gasteiger partial charge in [-0.05, 0) is 43.2 Å². The van der Waals surface area contributed by atoms with Gasteiger partial charge in [0.15, 0.2) is 0 Å². The van der Waals surface area contributed by atoms with E-state index in [1.807, 2.05) is 48.2 Å². The van der Waals surface area contributed by atoms with Crippen molar-refractivity contribution in [2.24, 2.45) is 0 Å². The number of methoxy groups -OCH3 is 1. The van der Waals surface area contributed by atoms with Crippen LogP contribution < -0.4 is 15.4 Å². The smallest absolute Gasteiger partial charge is 0.246 e. The van der Waals surface area contributed by atoms with Crippen molar-refractivity contribution in [1.29, 1.82) is 0 Å². The van der Waals surface area contributed by atoms with Crippen LogP contribution in [0.25, 0.3) is 0 Å². The van der Waals surface area contributed by atoms with Crippen LogP contribution in [0.5, 0.6) is 5.75 Å². The molecule has 2 N–H and O–H groups in total. The van der Waals surface area contributed by atoms with Crippen LogP contribution in [0.3, 0.4) is 0 Å². The molecule has 1 fully saturated rings. The fourth-order valence-electron chi connectivity index (χ4n) is 3.10. The molecule has 0 radical (unpaired) electrons. The molecule has 1 unspecified atom stereocenters. The molecule has 0 saturated carbocycles. The van der Waals surface area contributed by atoms with Crippen molar-refractivity contribution in [1.82, 2.24) is 4.90 Å². The van der Waals surface area contributed by atoms with Crippen molar-refractivity contribution in [2.75, 3.05) is 24.3 Å². The van der Waals surface area contributed by atoms with Crippen LogP contribution in [-0.2, 0) is 16.1 Å². The summed E-state index contributed by atoms with van der Waals surface area (Å²) in [6.45, 7) is 3.28. The summed E-state index contributed by atoms with van der Waals surface area (Å²) in [5.74, 6) is 0.698. The average molecular weight is 367 g/mol. The van der Waals surface area contributed by atoms with Crippen LogP contribution in [0.1, 0.15) is 25.3 Å². The van der Waals surface area contributed by atoms with Crippen LogP contribution in [0.15, 0.2) is 48.5 Å². The first-order valence-electron chi connectivity index (χ1n) is 9.14. The third-order valence-corrected chi connectivity index (χ3v) is 4.64. The summed E-state index contributed by atoms with van der Waals surface area (Å²) in [4.78, 5) is 26.0. The monoisotopic (exact) mass is 367 g/mol. The van der Waals surface area contributed by atoms with Gasteiger partial charge in [0.05, 0.1) is 12.8 Å². The second-order valence-corrected chi connectivity index (χ2v) is 6.67. The number of nitrogens with zero attached hydrogens (tertiary/aromatic N) is 1. The van der Waals surface area contributed by atoms with Gasteiger partial charge in [0, 0.05) is 25.2 Å². The number of carbonyl (C=O) groups is 2. The first kappa shape index (κ1) is 18.8. The van der Waals surface area contributed by atoms with Gasteiger partial charge < -0.3 is 20.3 Å². The lowest BCUT2D eigenvalue weighted by Gasteiger charge is -2.18. The fourth-order valence-corrected chi connectivity index (χ4v) is 3.10. The number of ether oxygens (including phenoxy) is 1. The molecule has 27 heavy (non-hydrogen) atoms. The average Bonchev–Trinajstić information content (AvgIpc) is 3.08. The predicted octanol–water partition coefficient (Wildman–Crippen LogP) is 3.26. The molecule has 6 heteroatoms. The Hall–Kier alpha value is -3.02. The van der Waals surface area contributed by atoms with Crippen LogP contribution in [0.2, 0.25) is 0 Å². The molecule has 142 valence electrons. The number of rotatable bonds is 7. The van der Waals surface area contributed by atoms with Gasteiger partial charge in [-0.3, -0.25) is 9.59 Å². The SMILES string of the molecule is COc1ccccc1NC(=O)C(C)Nc1ccc(CN2CCCC2=O)cc1. The van der Waals surface area contributed by atoms with Gasteiger partial charge in [0.1, 0.15) is 11.8 Å². The van der Waals surface area contributed by atoms with Crippen molar-refractivity contribution in [3.05, 3.63) is 54.1 Å². The molecule has 0 aliphatic carbocycles. The van der Waals surface area contributed by atoms with E-state index in [1.54, 1.807) is 19.2 Å². The Balaban J connectivity index is 1.56. The summed E-state index contributed by atoms with van der Waals surface area (Å²) < 4.78 is 5.26. The Bertz CT molecular complexity index is 805. The fraction of sp³-hybridized carbons (Fsp3) is 0.333. The van der Waals surface area contributed by atoms with Crippen molar-refractivity contribution in [2.45, 2.75) is 32.4 Å². The van der Waals surface area contributed by atoms with Gasteiger partial charge in [-0.2, -0.15) is 0 Å². The second-order valence-electron chi connectivity index (χ2n) is 6.67. The highest BCUT2D eigenvalue weighted by Gasteiger charge is 2.20. The van der Waals surface area contributed by atoms with E-state index in [4.69, 9.17) is 4.74 Å². The van der Waals surface area contributed by atoms with E-state index in [2.05, 4.69) is 10.6 Å². The van der Waals surface area contributed by atoms with Gasteiger partial charge in [-0.1, -0.05) is 24.3 Å². The molecule has 2 aromatic carbocycles. The maximum absolute atomic E-state index is 12.4. The molecule has 2 aromatic rings. The summed E-state index contributed by atoms with van der Waals surface area (Å²) in [6, 6.07) is 14.7. The number of hydrogen-bond acceptors (Lipinski definition) is 4. The Morgan fingerprint density at radius 1 is 1.19 bits per heavy atom. The summed E-state index contributed by atoms with van der Waals surface area (Å²) in [6.07, 6.45) is 1.59. The number of anilines is 2. The molecule has 1 heterocycles. The second kappa shape index (κ2) is 8.58. The highest BCUT2D eigenvalue weighted by molar-refractivity contribution is 5.97. The van der Waals surface area contributed by atoms with Gasteiger partial charge in [0.2, 0.25) is 11.8 Å². The number of benzene rings is 2. The molecule has 3 rings (SSSR count).